The number of anilines is 1. The quantitative estimate of drug-likeness (QED) is 0.477. The van der Waals surface area contributed by atoms with Crippen LogP contribution in [0.25, 0.3) is 22.4 Å². The number of aromatic nitrogens is 4. The fourth-order valence-corrected chi connectivity index (χ4v) is 3.28. The zero-order valence-electron chi connectivity index (χ0n) is 15.9. The highest BCUT2D eigenvalue weighted by molar-refractivity contribution is 6.30. The predicted octanol–water partition coefficient (Wildman–Crippen LogP) is 4.72. The average Bonchev–Trinajstić information content (AvgIpc) is 3.32. The molecule has 7 nitrogen and oxygen atoms in total. The number of hydrogen-bond donors (Lipinski definition) is 1. The second kappa shape index (κ2) is 8.45. The number of nitrogens with zero attached hydrogens (tertiary/aromatic N) is 4. The second-order valence-electron chi connectivity index (χ2n) is 6.59. The van der Waals surface area contributed by atoms with Crippen molar-refractivity contribution in [1.82, 2.24) is 19.7 Å². The Morgan fingerprint density at radius 3 is 2.72 bits per heavy atom. The van der Waals surface area contributed by atoms with Gasteiger partial charge in [0.1, 0.15) is 0 Å². The Balaban J connectivity index is 1.33. The molecule has 29 heavy (non-hydrogen) atoms. The topological polar surface area (TPSA) is 85.8 Å². The van der Waals surface area contributed by atoms with E-state index in [0.29, 0.717) is 41.9 Å². The maximum absolute atomic E-state index is 12.4. The number of nitrogens with one attached hydrogen (secondary N) is 1. The van der Waals surface area contributed by atoms with Crippen LogP contribution >= 0.6 is 11.6 Å². The summed E-state index contributed by atoms with van der Waals surface area (Å²) in [4.78, 5) is 21.3. The highest BCUT2D eigenvalue weighted by Gasteiger charge is 2.13. The van der Waals surface area contributed by atoms with Crippen molar-refractivity contribution in [2.45, 2.75) is 32.7 Å². The number of imidazole rings is 1. The van der Waals surface area contributed by atoms with Crippen LogP contribution in [0.15, 0.2) is 53.1 Å². The van der Waals surface area contributed by atoms with E-state index in [9.17, 15) is 4.79 Å². The molecule has 8 heteroatoms. The Bertz CT molecular complexity index is 1130. The van der Waals surface area contributed by atoms with Gasteiger partial charge in [0.05, 0.1) is 11.0 Å². The molecule has 0 fully saturated rings. The summed E-state index contributed by atoms with van der Waals surface area (Å²) in [6, 6.07) is 15.1. The number of halogens is 1. The fraction of sp³-hybridized carbons (Fsp3) is 0.238. The van der Waals surface area contributed by atoms with Gasteiger partial charge < -0.3 is 9.09 Å². The summed E-state index contributed by atoms with van der Waals surface area (Å²) in [6.07, 6.45) is 1.46. The van der Waals surface area contributed by atoms with Crippen LogP contribution in [0.4, 0.5) is 5.95 Å². The van der Waals surface area contributed by atoms with Gasteiger partial charge in [-0.05, 0) is 49.7 Å². The van der Waals surface area contributed by atoms with Gasteiger partial charge in [0.2, 0.25) is 23.6 Å². The van der Waals surface area contributed by atoms with Gasteiger partial charge in [0.25, 0.3) is 0 Å². The molecule has 2 heterocycles. The molecule has 4 rings (SSSR count). The molecule has 0 bridgehead atoms. The lowest BCUT2D eigenvalue weighted by atomic mass is 10.2. The lowest BCUT2D eigenvalue weighted by Crippen LogP contribution is -2.15. The first-order valence-electron chi connectivity index (χ1n) is 9.47. The highest BCUT2D eigenvalue weighted by atomic mass is 35.5. The van der Waals surface area contributed by atoms with Gasteiger partial charge in [-0.3, -0.25) is 10.1 Å². The van der Waals surface area contributed by atoms with Crippen LogP contribution in [0, 0.1) is 0 Å². The Kier molecular flexibility index (Phi) is 5.57. The van der Waals surface area contributed by atoms with Crippen molar-refractivity contribution in [2.24, 2.45) is 0 Å². The molecule has 2 aromatic carbocycles. The molecule has 0 radical (unpaired) electrons. The van der Waals surface area contributed by atoms with Crippen molar-refractivity contribution < 1.29 is 9.32 Å². The molecule has 1 amide bonds. The molecular formula is C21H20ClN5O2. The van der Waals surface area contributed by atoms with E-state index < -0.39 is 0 Å². The van der Waals surface area contributed by atoms with Crippen LogP contribution in [0.5, 0.6) is 0 Å². The molecule has 0 aliphatic carbocycles. The monoisotopic (exact) mass is 409 g/mol. The van der Waals surface area contributed by atoms with Gasteiger partial charge in [0, 0.05) is 30.0 Å². The van der Waals surface area contributed by atoms with E-state index in [1.807, 2.05) is 47.9 Å². The minimum absolute atomic E-state index is 0.0903. The van der Waals surface area contributed by atoms with Gasteiger partial charge >= 0.3 is 0 Å². The summed E-state index contributed by atoms with van der Waals surface area (Å²) in [7, 11) is 0. The third-order valence-electron chi connectivity index (χ3n) is 4.59. The van der Waals surface area contributed by atoms with Gasteiger partial charge in [-0.2, -0.15) is 4.98 Å². The lowest BCUT2D eigenvalue weighted by Gasteiger charge is -2.07. The molecular weight excluding hydrogens is 390 g/mol. The average molecular weight is 410 g/mol. The number of fused-ring (bicyclic) bond motifs is 1. The molecule has 0 saturated heterocycles. The fourth-order valence-electron chi connectivity index (χ4n) is 3.15. The number of hydrogen-bond acceptors (Lipinski definition) is 5. The predicted molar refractivity (Wildman–Crippen MR) is 112 cm³/mol. The summed E-state index contributed by atoms with van der Waals surface area (Å²) in [5, 5.41) is 7.55. The maximum atomic E-state index is 12.4. The molecule has 2 aromatic heterocycles. The first-order valence-corrected chi connectivity index (χ1v) is 9.85. The van der Waals surface area contributed by atoms with Crippen LogP contribution in [0.1, 0.15) is 25.7 Å². The van der Waals surface area contributed by atoms with Crippen molar-refractivity contribution >= 4 is 34.5 Å². The molecule has 0 saturated carbocycles. The van der Waals surface area contributed by atoms with Gasteiger partial charge in [-0.15, -0.1) is 0 Å². The van der Waals surface area contributed by atoms with E-state index in [2.05, 4.69) is 20.4 Å². The molecule has 0 spiro atoms. The van der Waals surface area contributed by atoms with Gasteiger partial charge in [-0.1, -0.05) is 28.9 Å². The molecule has 0 atom stereocenters. The van der Waals surface area contributed by atoms with E-state index in [4.69, 9.17) is 16.1 Å². The van der Waals surface area contributed by atoms with Crippen molar-refractivity contribution in [2.75, 3.05) is 5.32 Å². The van der Waals surface area contributed by atoms with Crippen LogP contribution in [-0.4, -0.2) is 25.6 Å². The third kappa shape index (κ3) is 4.30. The van der Waals surface area contributed by atoms with Gasteiger partial charge in [-0.25, -0.2) is 4.98 Å². The summed E-state index contributed by atoms with van der Waals surface area (Å²) >= 11 is 5.89. The van der Waals surface area contributed by atoms with E-state index in [0.717, 1.165) is 23.1 Å². The first-order chi connectivity index (χ1) is 14.1. The van der Waals surface area contributed by atoms with E-state index in [1.54, 1.807) is 12.1 Å². The molecule has 0 unspecified atom stereocenters. The number of benzene rings is 2. The zero-order valence-corrected chi connectivity index (χ0v) is 16.7. The molecule has 4 aromatic rings. The number of amides is 1. The van der Waals surface area contributed by atoms with Crippen LogP contribution in [-0.2, 0) is 17.8 Å². The molecule has 1 N–H and O–H groups in total. The van der Waals surface area contributed by atoms with Crippen molar-refractivity contribution in [3.63, 3.8) is 0 Å². The van der Waals surface area contributed by atoms with Crippen LogP contribution < -0.4 is 5.32 Å². The van der Waals surface area contributed by atoms with Crippen LogP contribution in [0.2, 0.25) is 5.02 Å². The Labute approximate surface area is 172 Å². The highest BCUT2D eigenvalue weighted by Crippen LogP contribution is 2.21. The van der Waals surface area contributed by atoms with E-state index >= 15 is 0 Å². The standard InChI is InChI=1S/C21H20ClN5O2/c1-2-27-17-7-4-3-6-16(17)23-21(27)24-18(28)8-5-9-19-25-20(26-29-19)14-10-12-15(22)13-11-14/h3-4,6-7,10-13H,2,5,8-9H2,1H3,(H,23,24,28). The summed E-state index contributed by atoms with van der Waals surface area (Å²) in [6.45, 7) is 2.75. The Morgan fingerprint density at radius 1 is 1.14 bits per heavy atom. The third-order valence-corrected chi connectivity index (χ3v) is 4.84. The van der Waals surface area contributed by atoms with Crippen molar-refractivity contribution in [1.29, 1.82) is 0 Å². The summed E-state index contributed by atoms with van der Waals surface area (Å²) in [5.41, 5.74) is 2.71. The smallest absolute Gasteiger partial charge is 0.226 e. The molecule has 148 valence electrons. The van der Waals surface area contributed by atoms with E-state index in [-0.39, 0.29) is 5.91 Å². The maximum Gasteiger partial charge on any atom is 0.226 e. The zero-order chi connectivity index (χ0) is 20.2. The number of aryl methyl sites for hydroxylation is 2. The summed E-state index contributed by atoms with van der Waals surface area (Å²) < 4.78 is 7.27. The molecule has 0 aliphatic rings. The normalized spacial score (nSPS) is 11.1. The second-order valence-corrected chi connectivity index (χ2v) is 7.03. The lowest BCUT2D eigenvalue weighted by molar-refractivity contribution is -0.116. The van der Waals surface area contributed by atoms with E-state index in [1.165, 1.54) is 0 Å². The number of para-hydroxylation sites is 2. The minimum atomic E-state index is -0.0903. The number of carbonyl (C=O) groups is 1. The summed E-state index contributed by atoms with van der Waals surface area (Å²) in [5.74, 6) is 1.50. The van der Waals surface area contributed by atoms with Crippen LogP contribution in [0.3, 0.4) is 0 Å². The van der Waals surface area contributed by atoms with Gasteiger partial charge in [0.15, 0.2) is 0 Å². The molecule has 0 aliphatic heterocycles. The largest absolute Gasteiger partial charge is 0.339 e. The Hall–Kier alpha value is -3.19. The number of rotatable bonds is 7. The first kappa shape index (κ1) is 19.1. The minimum Gasteiger partial charge on any atom is -0.339 e. The SMILES string of the molecule is CCn1c(NC(=O)CCCc2nc(-c3ccc(Cl)cc3)no2)nc2ccccc21. The van der Waals surface area contributed by atoms with Crippen molar-refractivity contribution in [3.05, 3.63) is 59.4 Å². The Morgan fingerprint density at radius 2 is 1.93 bits per heavy atom. The number of carbonyl (C=O) groups excluding carboxylic acids is 1. The van der Waals surface area contributed by atoms with Crippen molar-refractivity contribution in [3.8, 4) is 11.4 Å².